The number of hydrogen-bond donors (Lipinski definition) is 0. The van der Waals surface area contributed by atoms with Gasteiger partial charge in [-0.15, -0.1) is 0 Å². The lowest BCUT2D eigenvalue weighted by molar-refractivity contribution is -0.131. The van der Waals surface area contributed by atoms with Gasteiger partial charge in [0.25, 0.3) is 0 Å². The highest BCUT2D eigenvalue weighted by Gasteiger charge is 2.46. The third kappa shape index (κ3) is 0.912. The van der Waals surface area contributed by atoms with Crippen molar-refractivity contribution in [3.8, 4) is 0 Å². The number of carbonyl (C=O) groups is 2. The Kier molecular flexibility index (Phi) is 1.55. The van der Waals surface area contributed by atoms with E-state index in [1.165, 1.54) is 17.7 Å². The van der Waals surface area contributed by atoms with Crippen molar-refractivity contribution in [2.75, 3.05) is 0 Å². The second-order valence-electron chi connectivity index (χ2n) is 4.46. The van der Waals surface area contributed by atoms with Crippen molar-refractivity contribution < 1.29 is 9.59 Å². The third-order valence-corrected chi connectivity index (χ3v) is 3.80. The Labute approximate surface area is 82.7 Å². The molecule has 4 aliphatic rings. The van der Waals surface area contributed by atoms with Crippen molar-refractivity contribution >= 4 is 11.6 Å². The van der Waals surface area contributed by atoms with E-state index in [0.29, 0.717) is 5.92 Å². The molecule has 3 unspecified atom stereocenters. The lowest BCUT2D eigenvalue weighted by Crippen LogP contribution is -2.43. The maximum absolute atomic E-state index is 11.7. The molecule has 4 rings (SSSR count). The van der Waals surface area contributed by atoms with Gasteiger partial charge < -0.3 is 0 Å². The zero-order valence-electron chi connectivity index (χ0n) is 7.90. The van der Waals surface area contributed by atoms with Crippen LogP contribution >= 0.6 is 0 Å². The van der Waals surface area contributed by atoms with Gasteiger partial charge in [0.05, 0.1) is 5.92 Å². The standard InChI is InChI=1S/C12H12O2/c13-9-5-6-10(14)12-8-2-1-7(3-4-8)11(9)12/h1,5-6,8,11-12H,2-4H2. The molecular weight excluding hydrogens is 176 g/mol. The summed E-state index contributed by atoms with van der Waals surface area (Å²) < 4.78 is 0. The second-order valence-corrected chi connectivity index (χ2v) is 4.46. The molecule has 0 saturated heterocycles. The van der Waals surface area contributed by atoms with E-state index in [0.717, 1.165) is 19.3 Å². The summed E-state index contributed by atoms with van der Waals surface area (Å²) in [4.78, 5) is 23.4. The van der Waals surface area contributed by atoms with Crippen LogP contribution in [0.1, 0.15) is 19.3 Å². The Morgan fingerprint density at radius 2 is 1.93 bits per heavy atom. The molecule has 0 radical (unpaired) electrons. The highest BCUT2D eigenvalue weighted by Crippen LogP contribution is 2.47. The summed E-state index contributed by atoms with van der Waals surface area (Å²) in [6, 6.07) is 0. The number of fused-ring (bicyclic) bond motifs is 2. The lowest BCUT2D eigenvalue weighted by Gasteiger charge is -2.42. The quantitative estimate of drug-likeness (QED) is 0.542. The molecule has 1 fully saturated rings. The topological polar surface area (TPSA) is 34.1 Å². The van der Waals surface area contributed by atoms with Gasteiger partial charge in [0.15, 0.2) is 11.6 Å². The maximum Gasteiger partial charge on any atom is 0.163 e. The average Bonchev–Trinajstić information content (AvgIpc) is 2.25. The molecule has 2 bridgehead atoms. The van der Waals surface area contributed by atoms with Crippen LogP contribution in [0.3, 0.4) is 0 Å². The summed E-state index contributed by atoms with van der Waals surface area (Å²) in [5, 5.41) is 0. The van der Waals surface area contributed by atoms with E-state index in [1.807, 2.05) is 0 Å². The molecule has 0 N–H and O–H groups in total. The lowest BCUT2D eigenvalue weighted by atomic mass is 9.60. The second kappa shape index (κ2) is 2.66. The minimum atomic E-state index is -0.0833. The summed E-state index contributed by atoms with van der Waals surface area (Å²) in [6.07, 6.45) is 8.25. The fraction of sp³-hybridized carbons (Fsp3) is 0.500. The fourth-order valence-corrected chi connectivity index (χ4v) is 3.12. The molecule has 0 heterocycles. The Hall–Kier alpha value is -1.18. The van der Waals surface area contributed by atoms with Crippen LogP contribution in [-0.2, 0) is 9.59 Å². The van der Waals surface area contributed by atoms with Crippen molar-refractivity contribution in [1.82, 2.24) is 0 Å². The van der Waals surface area contributed by atoms with Gasteiger partial charge >= 0.3 is 0 Å². The van der Waals surface area contributed by atoms with Gasteiger partial charge in [-0.25, -0.2) is 0 Å². The zero-order chi connectivity index (χ0) is 9.71. The third-order valence-electron chi connectivity index (χ3n) is 3.80. The summed E-state index contributed by atoms with van der Waals surface area (Å²) in [6.45, 7) is 0. The van der Waals surface area contributed by atoms with E-state index in [1.54, 1.807) is 0 Å². The number of allylic oxidation sites excluding steroid dienone is 4. The van der Waals surface area contributed by atoms with E-state index in [2.05, 4.69) is 6.08 Å². The minimum absolute atomic E-state index is 0.0127. The fourth-order valence-electron chi connectivity index (χ4n) is 3.12. The van der Waals surface area contributed by atoms with Crippen LogP contribution in [-0.4, -0.2) is 11.6 Å². The predicted octanol–water partition coefficient (Wildman–Crippen LogP) is 1.67. The van der Waals surface area contributed by atoms with Gasteiger partial charge in [0.2, 0.25) is 0 Å². The first kappa shape index (κ1) is 8.16. The normalized spacial score (nSPS) is 39.7. The first-order chi connectivity index (χ1) is 6.77. The molecule has 3 atom stereocenters. The Bertz CT molecular complexity index is 376. The molecule has 0 aliphatic heterocycles. The van der Waals surface area contributed by atoms with E-state index >= 15 is 0 Å². The Morgan fingerprint density at radius 1 is 1.14 bits per heavy atom. The molecular formula is C12H12O2. The molecule has 0 amide bonds. The van der Waals surface area contributed by atoms with Crippen LogP contribution in [0.25, 0.3) is 0 Å². The minimum Gasteiger partial charge on any atom is -0.294 e. The summed E-state index contributed by atoms with van der Waals surface area (Å²) >= 11 is 0. The van der Waals surface area contributed by atoms with Crippen LogP contribution in [0.5, 0.6) is 0 Å². The Balaban J connectivity index is 2.11. The van der Waals surface area contributed by atoms with Crippen molar-refractivity contribution in [1.29, 1.82) is 0 Å². The first-order valence-electron chi connectivity index (χ1n) is 5.22. The molecule has 0 aromatic rings. The van der Waals surface area contributed by atoms with Gasteiger partial charge in [0.1, 0.15) is 0 Å². The molecule has 4 aliphatic carbocycles. The summed E-state index contributed by atoms with van der Waals surface area (Å²) in [5.41, 5.74) is 1.22. The van der Waals surface area contributed by atoms with Crippen LogP contribution in [0.15, 0.2) is 23.8 Å². The molecule has 0 spiro atoms. The molecule has 14 heavy (non-hydrogen) atoms. The van der Waals surface area contributed by atoms with E-state index in [9.17, 15) is 9.59 Å². The maximum atomic E-state index is 11.7. The van der Waals surface area contributed by atoms with Crippen LogP contribution in [0, 0.1) is 17.8 Å². The van der Waals surface area contributed by atoms with Gasteiger partial charge in [-0.1, -0.05) is 11.6 Å². The average molecular weight is 188 g/mol. The number of carbonyl (C=O) groups excluding carboxylic acids is 2. The van der Waals surface area contributed by atoms with Crippen LogP contribution < -0.4 is 0 Å². The SMILES string of the molecule is O=C1C=CC(=O)C2C3CC=C(CC3)C12. The largest absolute Gasteiger partial charge is 0.294 e. The smallest absolute Gasteiger partial charge is 0.163 e. The number of hydrogen-bond acceptors (Lipinski definition) is 2. The van der Waals surface area contributed by atoms with Crippen molar-refractivity contribution in [2.24, 2.45) is 17.8 Å². The van der Waals surface area contributed by atoms with E-state index < -0.39 is 0 Å². The van der Waals surface area contributed by atoms with Gasteiger partial charge in [-0.2, -0.15) is 0 Å². The molecule has 72 valence electrons. The van der Waals surface area contributed by atoms with Crippen molar-refractivity contribution in [3.63, 3.8) is 0 Å². The number of ketones is 2. The molecule has 2 heteroatoms. The predicted molar refractivity (Wildman–Crippen MR) is 51.6 cm³/mol. The van der Waals surface area contributed by atoms with Crippen LogP contribution in [0.2, 0.25) is 0 Å². The Morgan fingerprint density at radius 3 is 2.57 bits per heavy atom. The highest BCUT2D eigenvalue weighted by molar-refractivity contribution is 6.09. The summed E-state index contributed by atoms with van der Waals surface area (Å²) in [7, 11) is 0. The molecule has 0 aromatic heterocycles. The monoisotopic (exact) mass is 188 g/mol. The van der Waals surface area contributed by atoms with Crippen molar-refractivity contribution in [3.05, 3.63) is 23.8 Å². The van der Waals surface area contributed by atoms with Crippen molar-refractivity contribution in [2.45, 2.75) is 19.3 Å². The van der Waals surface area contributed by atoms with E-state index in [-0.39, 0.29) is 23.4 Å². The highest BCUT2D eigenvalue weighted by atomic mass is 16.1. The van der Waals surface area contributed by atoms with Gasteiger partial charge in [0, 0.05) is 5.92 Å². The van der Waals surface area contributed by atoms with E-state index in [4.69, 9.17) is 0 Å². The first-order valence-corrected chi connectivity index (χ1v) is 5.22. The van der Waals surface area contributed by atoms with Gasteiger partial charge in [-0.3, -0.25) is 9.59 Å². The summed E-state index contributed by atoms with van der Waals surface area (Å²) in [5.74, 6) is 0.648. The zero-order valence-corrected chi connectivity index (χ0v) is 7.90. The number of rotatable bonds is 0. The molecule has 1 saturated carbocycles. The van der Waals surface area contributed by atoms with Gasteiger partial charge in [-0.05, 0) is 37.3 Å². The molecule has 2 nitrogen and oxygen atoms in total. The van der Waals surface area contributed by atoms with Crippen LogP contribution in [0.4, 0.5) is 0 Å². The molecule has 0 aromatic carbocycles.